The zero-order chi connectivity index (χ0) is 11.1. The van der Waals surface area contributed by atoms with E-state index in [0.717, 1.165) is 11.3 Å². The fraction of sp³-hybridized carbons (Fsp3) is 0.182. The number of hydroxylamine groups is 1. The van der Waals surface area contributed by atoms with Crippen molar-refractivity contribution in [3.05, 3.63) is 36.0 Å². The Morgan fingerprint density at radius 3 is 2.73 bits per heavy atom. The number of carboxylic acids is 1. The van der Waals surface area contributed by atoms with Crippen LogP contribution in [-0.2, 0) is 4.79 Å². The van der Waals surface area contributed by atoms with Gasteiger partial charge in [-0.2, -0.15) is 0 Å². The van der Waals surface area contributed by atoms with Gasteiger partial charge >= 0.3 is 5.97 Å². The van der Waals surface area contributed by atoms with Crippen LogP contribution in [0.2, 0.25) is 0 Å². The lowest BCUT2D eigenvalue weighted by Crippen LogP contribution is -2.13. The van der Waals surface area contributed by atoms with E-state index in [-0.39, 0.29) is 6.42 Å². The van der Waals surface area contributed by atoms with Crippen molar-refractivity contribution < 1.29 is 14.7 Å². The van der Waals surface area contributed by atoms with Gasteiger partial charge in [-0.25, -0.2) is 5.48 Å². The van der Waals surface area contributed by atoms with Crippen LogP contribution in [0.5, 0.6) is 5.75 Å². The highest BCUT2D eigenvalue weighted by atomic mass is 16.6. The van der Waals surface area contributed by atoms with Crippen LogP contribution < -0.4 is 10.3 Å². The van der Waals surface area contributed by atoms with Crippen LogP contribution in [-0.4, -0.2) is 11.1 Å². The van der Waals surface area contributed by atoms with Gasteiger partial charge < -0.3 is 9.94 Å². The summed E-state index contributed by atoms with van der Waals surface area (Å²) < 4.78 is 0. The monoisotopic (exact) mass is 207 g/mol. The lowest BCUT2D eigenvalue weighted by atomic mass is 10.2. The van der Waals surface area contributed by atoms with Crippen LogP contribution >= 0.6 is 0 Å². The Kier molecular flexibility index (Phi) is 4.22. The molecular formula is C11H13NO3. The molecule has 0 radical (unpaired) electrons. The average Bonchev–Trinajstić information content (AvgIpc) is 2.30. The van der Waals surface area contributed by atoms with Crippen molar-refractivity contribution in [1.82, 2.24) is 5.48 Å². The quantitative estimate of drug-likeness (QED) is 0.739. The van der Waals surface area contributed by atoms with Crippen molar-refractivity contribution in [2.75, 3.05) is 0 Å². The van der Waals surface area contributed by atoms with Crippen LogP contribution in [0.3, 0.4) is 0 Å². The second-order valence-corrected chi connectivity index (χ2v) is 2.84. The minimum absolute atomic E-state index is 0.222. The number of carbonyl (C=O) groups is 1. The first-order valence-corrected chi connectivity index (χ1v) is 4.63. The number of rotatable bonds is 1. The second-order valence-electron chi connectivity index (χ2n) is 2.84. The summed E-state index contributed by atoms with van der Waals surface area (Å²) in [6, 6.07) is 7.86. The van der Waals surface area contributed by atoms with E-state index < -0.39 is 5.97 Å². The lowest BCUT2D eigenvalue weighted by Gasteiger charge is -2.11. The highest BCUT2D eigenvalue weighted by Gasteiger charge is 2.01. The highest BCUT2D eigenvalue weighted by Crippen LogP contribution is 2.20. The van der Waals surface area contributed by atoms with Gasteiger partial charge in [-0.1, -0.05) is 25.1 Å². The molecule has 0 bridgehead atoms. The standard InChI is InChI=1S/C8H7NO.C3H6O2/c1-2-4-8-7(3-1)5-6-9-10-8;1-2-3(4)5/h1-6,9H;2H2,1H3,(H,4,5). The average molecular weight is 207 g/mol. The van der Waals surface area contributed by atoms with Crippen LogP contribution in [0, 0.1) is 0 Å². The van der Waals surface area contributed by atoms with Crippen molar-refractivity contribution in [2.45, 2.75) is 13.3 Å². The van der Waals surface area contributed by atoms with Crippen molar-refractivity contribution in [1.29, 1.82) is 0 Å². The van der Waals surface area contributed by atoms with E-state index in [4.69, 9.17) is 9.94 Å². The van der Waals surface area contributed by atoms with E-state index in [1.165, 1.54) is 0 Å². The summed E-state index contributed by atoms with van der Waals surface area (Å²) in [6.45, 7) is 1.60. The Morgan fingerprint density at radius 2 is 2.13 bits per heavy atom. The summed E-state index contributed by atoms with van der Waals surface area (Å²) in [5.74, 6) is 0.134. The Labute approximate surface area is 88.1 Å². The predicted octanol–water partition coefficient (Wildman–Crippen LogP) is 2.04. The zero-order valence-corrected chi connectivity index (χ0v) is 8.43. The topological polar surface area (TPSA) is 58.6 Å². The number of benzene rings is 1. The molecule has 15 heavy (non-hydrogen) atoms. The summed E-state index contributed by atoms with van der Waals surface area (Å²) in [5, 5.41) is 7.72. The van der Waals surface area contributed by atoms with Crippen LogP contribution in [0.4, 0.5) is 0 Å². The van der Waals surface area contributed by atoms with E-state index in [0.29, 0.717) is 0 Å². The molecule has 4 heteroatoms. The van der Waals surface area contributed by atoms with Crippen LogP contribution in [0.25, 0.3) is 6.08 Å². The third kappa shape index (κ3) is 3.72. The molecule has 1 aromatic rings. The Bertz CT molecular complexity index is 361. The van der Waals surface area contributed by atoms with E-state index in [1.54, 1.807) is 13.1 Å². The van der Waals surface area contributed by atoms with Gasteiger partial charge in [-0.3, -0.25) is 4.79 Å². The van der Waals surface area contributed by atoms with Gasteiger partial charge in [0.15, 0.2) is 5.75 Å². The minimum atomic E-state index is -0.745. The van der Waals surface area contributed by atoms with E-state index in [1.807, 2.05) is 30.3 Å². The summed E-state index contributed by atoms with van der Waals surface area (Å²) in [7, 11) is 0. The molecule has 1 aromatic carbocycles. The number of nitrogens with one attached hydrogen (secondary N) is 1. The number of hydrogen-bond acceptors (Lipinski definition) is 3. The number of para-hydroxylation sites is 1. The maximum Gasteiger partial charge on any atom is 0.303 e. The molecule has 0 fully saturated rings. The Morgan fingerprint density at radius 1 is 1.47 bits per heavy atom. The van der Waals surface area contributed by atoms with Crippen molar-refractivity contribution in [3.8, 4) is 5.75 Å². The first-order valence-electron chi connectivity index (χ1n) is 4.63. The number of carboxylic acid groups (broad SMARTS) is 1. The first-order chi connectivity index (χ1) is 7.24. The third-order valence-electron chi connectivity index (χ3n) is 1.72. The molecule has 1 aliphatic rings. The minimum Gasteiger partial charge on any atom is -0.481 e. The Balaban J connectivity index is 0.000000195. The number of fused-ring (bicyclic) bond motifs is 1. The molecule has 0 atom stereocenters. The molecule has 0 saturated heterocycles. The number of aliphatic carboxylic acids is 1. The molecule has 0 saturated carbocycles. The fourth-order valence-electron chi connectivity index (χ4n) is 0.932. The van der Waals surface area contributed by atoms with E-state index >= 15 is 0 Å². The molecule has 0 aliphatic carbocycles. The van der Waals surface area contributed by atoms with E-state index in [2.05, 4.69) is 5.48 Å². The van der Waals surface area contributed by atoms with Crippen molar-refractivity contribution in [3.63, 3.8) is 0 Å². The highest BCUT2D eigenvalue weighted by molar-refractivity contribution is 5.66. The third-order valence-corrected chi connectivity index (χ3v) is 1.72. The van der Waals surface area contributed by atoms with Gasteiger partial charge in [-0.15, -0.1) is 0 Å². The summed E-state index contributed by atoms with van der Waals surface area (Å²) in [6.07, 6.45) is 3.96. The van der Waals surface area contributed by atoms with Crippen LogP contribution in [0.15, 0.2) is 30.5 Å². The number of hydrogen-bond donors (Lipinski definition) is 2. The predicted molar refractivity (Wildman–Crippen MR) is 57.2 cm³/mol. The van der Waals surface area contributed by atoms with Gasteiger partial charge in [-0.05, 0) is 12.1 Å². The summed E-state index contributed by atoms with van der Waals surface area (Å²) >= 11 is 0. The molecule has 4 nitrogen and oxygen atoms in total. The molecular weight excluding hydrogens is 194 g/mol. The normalized spacial score (nSPS) is 11.3. The van der Waals surface area contributed by atoms with Crippen LogP contribution in [0.1, 0.15) is 18.9 Å². The maximum atomic E-state index is 9.37. The Hall–Kier alpha value is -1.97. The van der Waals surface area contributed by atoms with Crippen molar-refractivity contribution >= 4 is 12.0 Å². The molecule has 0 amide bonds. The summed E-state index contributed by atoms with van der Waals surface area (Å²) in [5.41, 5.74) is 3.77. The van der Waals surface area contributed by atoms with Gasteiger partial charge in [0, 0.05) is 18.2 Å². The molecule has 2 rings (SSSR count). The maximum absolute atomic E-state index is 9.37. The fourth-order valence-corrected chi connectivity index (χ4v) is 0.932. The second kappa shape index (κ2) is 5.70. The first kappa shape index (κ1) is 11.1. The molecule has 1 aliphatic heterocycles. The van der Waals surface area contributed by atoms with E-state index in [9.17, 15) is 4.79 Å². The molecule has 0 unspecified atom stereocenters. The lowest BCUT2D eigenvalue weighted by molar-refractivity contribution is -0.136. The molecule has 2 N–H and O–H groups in total. The summed E-state index contributed by atoms with van der Waals surface area (Å²) in [4.78, 5) is 14.5. The smallest absolute Gasteiger partial charge is 0.303 e. The van der Waals surface area contributed by atoms with Crippen molar-refractivity contribution in [2.24, 2.45) is 0 Å². The van der Waals surface area contributed by atoms with Gasteiger partial charge in [0.25, 0.3) is 0 Å². The van der Waals surface area contributed by atoms with Gasteiger partial charge in [0.1, 0.15) is 0 Å². The van der Waals surface area contributed by atoms with Gasteiger partial charge in [0.2, 0.25) is 0 Å². The van der Waals surface area contributed by atoms with Gasteiger partial charge in [0.05, 0.1) is 0 Å². The molecule has 0 spiro atoms. The zero-order valence-electron chi connectivity index (χ0n) is 8.43. The molecule has 80 valence electrons. The largest absolute Gasteiger partial charge is 0.481 e. The SMILES string of the molecule is C1=Cc2ccccc2ON1.CCC(=O)O. The molecule has 1 heterocycles. The molecule has 0 aromatic heterocycles.